The van der Waals surface area contributed by atoms with E-state index in [9.17, 15) is 14.4 Å². The van der Waals surface area contributed by atoms with E-state index in [0.717, 1.165) is 16.9 Å². The van der Waals surface area contributed by atoms with Crippen molar-refractivity contribution in [1.82, 2.24) is 15.2 Å². The average Bonchev–Trinajstić information content (AvgIpc) is 3.33. The van der Waals surface area contributed by atoms with E-state index in [-0.39, 0.29) is 28.3 Å². The van der Waals surface area contributed by atoms with Gasteiger partial charge in [-0.2, -0.15) is 0 Å². The summed E-state index contributed by atoms with van der Waals surface area (Å²) >= 11 is 6.60. The molecule has 2 unspecified atom stereocenters. The zero-order chi connectivity index (χ0) is 23.9. The Morgan fingerprint density at radius 2 is 2.24 bits per heavy atom. The van der Waals surface area contributed by atoms with Crippen LogP contribution >= 0.6 is 35.7 Å². The lowest BCUT2D eigenvalue weighted by molar-refractivity contribution is -0.146. The number of aromatic nitrogens is 1. The molecule has 0 saturated carbocycles. The normalized spacial score (nSPS) is 26.7. The highest BCUT2D eigenvalue weighted by atomic mass is 32.2. The highest BCUT2D eigenvalue weighted by Gasteiger charge is 2.54. The highest BCUT2D eigenvalue weighted by Crippen LogP contribution is 2.42. The molecule has 4 rings (SSSR count). The minimum Gasteiger partial charge on any atom is -0.398 e. The van der Waals surface area contributed by atoms with Gasteiger partial charge in [-0.15, -0.1) is 23.1 Å². The summed E-state index contributed by atoms with van der Waals surface area (Å²) in [6.07, 6.45) is 0.224. The number of ether oxygens (including phenoxy) is 2. The molecule has 0 spiro atoms. The van der Waals surface area contributed by atoms with Crippen LogP contribution in [0.1, 0.15) is 26.0 Å². The number of thiazole rings is 1. The quantitative estimate of drug-likeness (QED) is 0.208. The molecule has 2 fully saturated rings. The van der Waals surface area contributed by atoms with E-state index < -0.39 is 34.1 Å². The van der Waals surface area contributed by atoms with Crippen LogP contribution in [0.15, 0.2) is 21.8 Å². The van der Waals surface area contributed by atoms with Gasteiger partial charge in [0.25, 0.3) is 11.8 Å². The van der Waals surface area contributed by atoms with E-state index >= 15 is 0 Å². The number of nitrogens with one attached hydrogen (secondary N) is 1. The topological polar surface area (TPSA) is 145 Å². The van der Waals surface area contributed by atoms with Gasteiger partial charge in [0.15, 0.2) is 16.6 Å². The second kappa shape index (κ2) is 9.25. The van der Waals surface area contributed by atoms with Crippen LogP contribution in [0.25, 0.3) is 0 Å². The molecule has 2 amide bonds. The lowest BCUT2D eigenvalue weighted by Gasteiger charge is -2.50. The molecule has 11 nitrogen and oxygen atoms in total. The van der Waals surface area contributed by atoms with E-state index in [1.807, 2.05) is 13.8 Å². The Labute approximate surface area is 203 Å². The Kier molecular flexibility index (Phi) is 6.73. The molecule has 1 aromatic heterocycles. The Morgan fingerprint density at radius 1 is 1.48 bits per heavy atom. The molecule has 178 valence electrons. The van der Waals surface area contributed by atoms with Crippen molar-refractivity contribution in [2.75, 3.05) is 25.2 Å². The van der Waals surface area contributed by atoms with Crippen molar-refractivity contribution >= 4 is 63.5 Å². The number of rotatable bonds is 7. The minimum absolute atomic E-state index is 0.0970. The van der Waals surface area contributed by atoms with Crippen molar-refractivity contribution < 1.29 is 28.7 Å². The summed E-state index contributed by atoms with van der Waals surface area (Å²) < 4.78 is 11.4. The standard InChI is InChI=1S/C19H23N5O6S3/c1-19(2)29-5-9(30-19)4-8-6-32-16-12(15(26)24(16)13(8)17(27)31)22-14(25)11(23-28-3)10-7-33-18(20)21-10/h7,9,12,16H,4-6H2,1-3H3,(H2,20,21)(H,22,25)(H,27,31)/b23-11+/t9?,12?,16-/m1/s1. The van der Waals surface area contributed by atoms with E-state index in [1.165, 1.54) is 23.8 Å². The number of carbonyl (C=O) groups is 3. The summed E-state index contributed by atoms with van der Waals surface area (Å²) in [7, 11) is 1.30. The van der Waals surface area contributed by atoms with E-state index in [2.05, 4.69) is 28.1 Å². The summed E-state index contributed by atoms with van der Waals surface area (Å²) in [5.41, 5.74) is 6.79. The van der Waals surface area contributed by atoms with Gasteiger partial charge in [0.2, 0.25) is 5.12 Å². The van der Waals surface area contributed by atoms with Gasteiger partial charge in [0.05, 0.1) is 18.4 Å². The monoisotopic (exact) mass is 513 g/mol. The Balaban J connectivity index is 1.49. The summed E-state index contributed by atoms with van der Waals surface area (Å²) in [6, 6.07) is -0.838. The fraction of sp³-hybridized carbons (Fsp3) is 0.526. The van der Waals surface area contributed by atoms with Gasteiger partial charge in [-0.05, 0) is 19.4 Å². The van der Waals surface area contributed by atoms with E-state index in [0.29, 0.717) is 18.8 Å². The SMILES string of the molecule is CO/N=C(/C(=O)NC1C(=O)N2C(C(=O)S)=C(CC3COC(C)(C)O3)CS[C@H]12)c1csc(N)n1. The van der Waals surface area contributed by atoms with Crippen LogP contribution in [0.4, 0.5) is 5.13 Å². The fourth-order valence-electron chi connectivity index (χ4n) is 3.88. The molecule has 3 aliphatic heterocycles. The van der Waals surface area contributed by atoms with Crippen LogP contribution in [0.3, 0.4) is 0 Å². The van der Waals surface area contributed by atoms with Gasteiger partial charge in [0.1, 0.15) is 24.2 Å². The predicted octanol–water partition coefficient (Wildman–Crippen LogP) is 0.728. The first-order chi connectivity index (χ1) is 15.6. The third-order valence-electron chi connectivity index (χ3n) is 5.24. The van der Waals surface area contributed by atoms with Gasteiger partial charge in [-0.1, -0.05) is 17.8 Å². The number of amides is 2. The molecule has 0 aromatic carbocycles. The van der Waals surface area contributed by atoms with Crippen LogP contribution in [-0.4, -0.2) is 75.3 Å². The Hall–Kier alpha value is -2.13. The second-order valence-corrected chi connectivity index (χ2v) is 10.4. The van der Waals surface area contributed by atoms with E-state index in [1.54, 1.807) is 5.38 Å². The number of nitrogen functional groups attached to an aromatic ring is 1. The fourth-order valence-corrected chi connectivity index (χ4v) is 6.06. The summed E-state index contributed by atoms with van der Waals surface area (Å²) in [5, 5.41) is 7.29. The maximum Gasteiger partial charge on any atom is 0.276 e. The van der Waals surface area contributed by atoms with Gasteiger partial charge in [-0.3, -0.25) is 19.3 Å². The number of nitrogens with zero attached hydrogens (tertiary/aromatic N) is 3. The zero-order valence-electron chi connectivity index (χ0n) is 18.1. The molecule has 2 saturated heterocycles. The van der Waals surface area contributed by atoms with E-state index in [4.69, 9.17) is 20.0 Å². The van der Waals surface area contributed by atoms with Gasteiger partial charge in [0, 0.05) is 17.6 Å². The molecule has 0 aliphatic carbocycles. The average molecular weight is 514 g/mol. The number of fused-ring (bicyclic) bond motifs is 1. The number of thiol groups is 1. The summed E-state index contributed by atoms with van der Waals surface area (Å²) in [5.74, 6) is -1.24. The molecule has 1 aromatic rings. The van der Waals surface area contributed by atoms with Crippen molar-refractivity contribution in [1.29, 1.82) is 0 Å². The molecular formula is C19H23N5O6S3. The first-order valence-electron chi connectivity index (χ1n) is 9.96. The molecule has 0 radical (unpaired) electrons. The van der Waals surface area contributed by atoms with Crippen molar-refractivity contribution in [2.24, 2.45) is 5.16 Å². The maximum absolute atomic E-state index is 13.0. The molecule has 14 heteroatoms. The van der Waals surface area contributed by atoms with Crippen LogP contribution < -0.4 is 11.1 Å². The largest absolute Gasteiger partial charge is 0.398 e. The zero-order valence-corrected chi connectivity index (χ0v) is 20.6. The number of thioether (sulfide) groups is 1. The Morgan fingerprint density at radius 3 is 2.82 bits per heavy atom. The minimum atomic E-state index is -0.838. The predicted molar refractivity (Wildman–Crippen MR) is 126 cm³/mol. The first-order valence-corrected chi connectivity index (χ1v) is 12.3. The molecule has 4 heterocycles. The first kappa shape index (κ1) is 24.0. The van der Waals surface area contributed by atoms with Crippen LogP contribution in [-0.2, 0) is 28.7 Å². The van der Waals surface area contributed by atoms with Crippen molar-refractivity contribution in [3.8, 4) is 0 Å². The number of oxime groups is 1. The smallest absolute Gasteiger partial charge is 0.276 e. The lowest BCUT2D eigenvalue weighted by Crippen LogP contribution is -2.71. The molecular weight excluding hydrogens is 490 g/mol. The molecule has 3 aliphatic rings. The van der Waals surface area contributed by atoms with Crippen LogP contribution in [0, 0.1) is 0 Å². The number of carbonyl (C=O) groups excluding carboxylic acids is 3. The summed E-state index contributed by atoms with van der Waals surface area (Å²) in [6.45, 7) is 4.05. The molecule has 0 bridgehead atoms. The molecule has 3 N–H and O–H groups in total. The third-order valence-corrected chi connectivity index (χ3v) is 7.47. The number of hydrogen-bond acceptors (Lipinski definition) is 11. The second-order valence-electron chi connectivity index (χ2n) is 7.97. The van der Waals surface area contributed by atoms with Gasteiger partial charge >= 0.3 is 0 Å². The Bertz CT molecular complexity index is 1050. The highest BCUT2D eigenvalue weighted by molar-refractivity contribution is 8.00. The molecule has 3 atom stereocenters. The van der Waals surface area contributed by atoms with Crippen LogP contribution in [0.5, 0.6) is 0 Å². The van der Waals surface area contributed by atoms with Crippen molar-refractivity contribution in [2.45, 2.75) is 43.6 Å². The van der Waals surface area contributed by atoms with Gasteiger partial charge < -0.3 is 25.4 Å². The number of β-lactam (4-membered cyclic amide) rings is 1. The summed E-state index contributed by atoms with van der Waals surface area (Å²) in [4.78, 5) is 48.3. The van der Waals surface area contributed by atoms with Crippen molar-refractivity contribution in [3.05, 3.63) is 22.3 Å². The molecule has 33 heavy (non-hydrogen) atoms. The number of nitrogens with two attached hydrogens (primary N) is 1. The number of hydrogen-bond donors (Lipinski definition) is 3. The van der Waals surface area contributed by atoms with Crippen LogP contribution in [0.2, 0.25) is 0 Å². The van der Waals surface area contributed by atoms with Crippen molar-refractivity contribution in [3.63, 3.8) is 0 Å². The lowest BCUT2D eigenvalue weighted by atomic mass is 10.0. The third kappa shape index (κ3) is 4.75. The van der Waals surface area contributed by atoms with Gasteiger partial charge in [-0.25, -0.2) is 4.98 Å². The number of anilines is 1. The maximum atomic E-state index is 13.0.